The second-order valence-electron chi connectivity index (χ2n) is 5.53. The van der Waals surface area contributed by atoms with Gasteiger partial charge in [0.25, 0.3) is 0 Å². The van der Waals surface area contributed by atoms with Gasteiger partial charge in [-0.1, -0.05) is 6.07 Å². The molecule has 21 heavy (non-hydrogen) atoms. The maximum atomic E-state index is 5.47. The molecule has 4 heteroatoms. The van der Waals surface area contributed by atoms with E-state index in [-0.39, 0.29) is 0 Å². The summed E-state index contributed by atoms with van der Waals surface area (Å²) in [6, 6.07) is 6.50. The molecular formula is C17H21N3O. The summed E-state index contributed by atoms with van der Waals surface area (Å²) in [5.41, 5.74) is 4.52. The molecule has 0 radical (unpaired) electrons. The van der Waals surface area contributed by atoms with Crippen LogP contribution >= 0.6 is 0 Å². The van der Waals surface area contributed by atoms with Gasteiger partial charge in [-0.15, -0.1) is 0 Å². The van der Waals surface area contributed by atoms with Crippen LogP contribution in [0.25, 0.3) is 11.4 Å². The molecule has 4 nitrogen and oxygen atoms in total. The number of methoxy groups -OCH3 is 1. The lowest BCUT2D eigenvalue weighted by atomic mass is 9.92. The summed E-state index contributed by atoms with van der Waals surface area (Å²) in [6.45, 7) is 2.05. The quantitative estimate of drug-likeness (QED) is 0.940. The molecule has 1 aliphatic rings. The van der Waals surface area contributed by atoms with E-state index in [1.165, 1.54) is 17.5 Å². The Morgan fingerprint density at radius 1 is 1.33 bits per heavy atom. The molecule has 0 saturated carbocycles. The Hall–Kier alpha value is -1.94. The van der Waals surface area contributed by atoms with Crippen LogP contribution in [0.3, 0.4) is 0 Å². The monoisotopic (exact) mass is 283 g/mol. The van der Waals surface area contributed by atoms with Crippen LogP contribution < -0.4 is 10.1 Å². The molecule has 1 aromatic carbocycles. The van der Waals surface area contributed by atoms with E-state index in [0.29, 0.717) is 6.04 Å². The number of hydrogen-bond donors (Lipinski definition) is 1. The maximum absolute atomic E-state index is 5.47. The van der Waals surface area contributed by atoms with E-state index in [1.807, 2.05) is 25.4 Å². The Morgan fingerprint density at radius 2 is 2.19 bits per heavy atom. The van der Waals surface area contributed by atoms with E-state index in [0.717, 1.165) is 35.7 Å². The Kier molecular flexibility index (Phi) is 3.88. The largest absolute Gasteiger partial charge is 0.496 e. The molecule has 0 saturated heterocycles. The first-order valence-electron chi connectivity index (χ1n) is 7.41. The highest BCUT2D eigenvalue weighted by molar-refractivity contribution is 5.65. The van der Waals surface area contributed by atoms with Crippen LogP contribution in [0.15, 0.2) is 24.4 Å². The van der Waals surface area contributed by atoms with Crippen LogP contribution in [-0.2, 0) is 6.42 Å². The molecule has 1 aliphatic carbocycles. The first-order chi connectivity index (χ1) is 10.2. The Balaban J connectivity index is 2.05. The van der Waals surface area contributed by atoms with Crippen molar-refractivity contribution in [1.82, 2.24) is 15.3 Å². The lowest BCUT2D eigenvalue weighted by molar-refractivity contribution is 0.415. The predicted octanol–water partition coefficient (Wildman–Crippen LogP) is 3.06. The smallest absolute Gasteiger partial charge is 0.163 e. The third-order valence-electron chi connectivity index (χ3n) is 4.13. The van der Waals surface area contributed by atoms with Crippen molar-refractivity contribution in [2.24, 2.45) is 0 Å². The van der Waals surface area contributed by atoms with Crippen molar-refractivity contribution in [3.05, 3.63) is 41.2 Å². The molecule has 1 aromatic heterocycles. The zero-order chi connectivity index (χ0) is 14.8. The van der Waals surface area contributed by atoms with Crippen molar-refractivity contribution in [2.45, 2.75) is 32.2 Å². The minimum Gasteiger partial charge on any atom is -0.496 e. The molecule has 0 amide bonds. The molecule has 0 fully saturated rings. The van der Waals surface area contributed by atoms with E-state index in [9.17, 15) is 0 Å². The third kappa shape index (κ3) is 2.63. The number of aromatic nitrogens is 2. The van der Waals surface area contributed by atoms with Crippen molar-refractivity contribution in [3.8, 4) is 17.1 Å². The number of ether oxygens (including phenoxy) is 1. The maximum Gasteiger partial charge on any atom is 0.163 e. The molecule has 1 unspecified atom stereocenters. The number of rotatable bonds is 3. The Labute approximate surface area is 125 Å². The van der Waals surface area contributed by atoms with Gasteiger partial charge in [-0.05, 0) is 50.9 Å². The number of fused-ring (bicyclic) bond motifs is 1. The van der Waals surface area contributed by atoms with Crippen molar-refractivity contribution in [3.63, 3.8) is 0 Å². The molecule has 0 spiro atoms. The summed E-state index contributed by atoms with van der Waals surface area (Å²) in [5, 5.41) is 3.34. The zero-order valence-corrected chi connectivity index (χ0v) is 12.8. The topological polar surface area (TPSA) is 47.0 Å². The van der Waals surface area contributed by atoms with Crippen molar-refractivity contribution >= 4 is 0 Å². The van der Waals surface area contributed by atoms with Gasteiger partial charge in [0.1, 0.15) is 5.75 Å². The van der Waals surface area contributed by atoms with Gasteiger partial charge in [0.15, 0.2) is 5.82 Å². The van der Waals surface area contributed by atoms with Gasteiger partial charge in [-0.2, -0.15) is 0 Å². The van der Waals surface area contributed by atoms with Crippen LogP contribution in [-0.4, -0.2) is 24.1 Å². The molecule has 1 heterocycles. The molecule has 0 aliphatic heterocycles. The molecule has 110 valence electrons. The van der Waals surface area contributed by atoms with Gasteiger partial charge in [-0.3, -0.25) is 0 Å². The van der Waals surface area contributed by atoms with Gasteiger partial charge in [0, 0.05) is 23.5 Å². The van der Waals surface area contributed by atoms with Gasteiger partial charge in [0.2, 0.25) is 0 Å². The standard InChI is InChI=1S/C17H21N3O/c1-11-7-8-12(16(9-11)21-3)17-19-10-13-14(18-2)5-4-6-15(13)20-17/h7-10,14,18H,4-6H2,1-3H3. The van der Waals surface area contributed by atoms with Crippen molar-refractivity contribution in [1.29, 1.82) is 0 Å². The molecule has 2 aromatic rings. The number of benzene rings is 1. The van der Waals surface area contributed by atoms with Gasteiger partial charge >= 0.3 is 0 Å². The summed E-state index contributed by atoms with van der Waals surface area (Å²) >= 11 is 0. The summed E-state index contributed by atoms with van der Waals surface area (Å²) < 4.78 is 5.47. The van der Waals surface area contributed by atoms with E-state index in [1.54, 1.807) is 7.11 Å². The zero-order valence-electron chi connectivity index (χ0n) is 12.8. The third-order valence-corrected chi connectivity index (χ3v) is 4.13. The van der Waals surface area contributed by atoms with E-state index >= 15 is 0 Å². The van der Waals surface area contributed by atoms with E-state index in [2.05, 4.69) is 23.3 Å². The number of aryl methyl sites for hydroxylation is 2. The molecule has 0 bridgehead atoms. The van der Waals surface area contributed by atoms with Gasteiger partial charge in [0.05, 0.1) is 12.7 Å². The summed E-state index contributed by atoms with van der Waals surface area (Å²) in [4.78, 5) is 9.36. The Morgan fingerprint density at radius 3 is 2.95 bits per heavy atom. The first-order valence-corrected chi connectivity index (χ1v) is 7.41. The van der Waals surface area contributed by atoms with E-state index in [4.69, 9.17) is 9.72 Å². The SMILES string of the molecule is CNC1CCCc2nc(-c3ccc(C)cc3OC)ncc21. The molecule has 1 atom stereocenters. The Bertz CT molecular complexity index is 654. The fourth-order valence-corrected chi connectivity index (χ4v) is 2.96. The second kappa shape index (κ2) is 5.82. The van der Waals surface area contributed by atoms with Crippen LogP contribution in [0.5, 0.6) is 5.75 Å². The first kappa shape index (κ1) is 14.0. The fourth-order valence-electron chi connectivity index (χ4n) is 2.96. The predicted molar refractivity (Wildman–Crippen MR) is 83.5 cm³/mol. The average Bonchev–Trinajstić information content (AvgIpc) is 2.53. The van der Waals surface area contributed by atoms with Crippen molar-refractivity contribution in [2.75, 3.05) is 14.2 Å². The number of hydrogen-bond acceptors (Lipinski definition) is 4. The minimum absolute atomic E-state index is 0.378. The summed E-state index contributed by atoms with van der Waals surface area (Å²) in [6.07, 6.45) is 5.31. The lowest BCUT2D eigenvalue weighted by Gasteiger charge is -2.24. The van der Waals surface area contributed by atoms with Gasteiger partial charge in [-0.25, -0.2) is 9.97 Å². The van der Waals surface area contributed by atoms with Crippen LogP contribution in [0.2, 0.25) is 0 Å². The average molecular weight is 283 g/mol. The molecule has 3 rings (SSSR count). The lowest BCUT2D eigenvalue weighted by Crippen LogP contribution is -2.22. The second-order valence-corrected chi connectivity index (χ2v) is 5.53. The van der Waals surface area contributed by atoms with Crippen LogP contribution in [0, 0.1) is 6.92 Å². The highest BCUT2D eigenvalue weighted by Crippen LogP contribution is 2.32. The minimum atomic E-state index is 0.378. The summed E-state index contributed by atoms with van der Waals surface area (Å²) in [7, 11) is 3.68. The number of nitrogens with zero attached hydrogens (tertiary/aromatic N) is 2. The number of nitrogens with one attached hydrogen (secondary N) is 1. The summed E-state index contributed by atoms with van der Waals surface area (Å²) in [5.74, 6) is 1.58. The fraction of sp³-hybridized carbons (Fsp3) is 0.412. The van der Waals surface area contributed by atoms with Crippen LogP contribution in [0.4, 0.5) is 0 Å². The molecular weight excluding hydrogens is 262 g/mol. The van der Waals surface area contributed by atoms with Crippen LogP contribution in [0.1, 0.15) is 35.7 Å². The van der Waals surface area contributed by atoms with E-state index < -0.39 is 0 Å². The van der Waals surface area contributed by atoms with Crippen molar-refractivity contribution < 1.29 is 4.74 Å². The van der Waals surface area contributed by atoms with Gasteiger partial charge < -0.3 is 10.1 Å². The highest BCUT2D eigenvalue weighted by Gasteiger charge is 2.21. The normalized spacial score (nSPS) is 17.4. The molecule has 1 N–H and O–H groups in total. The highest BCUT2D eigenvalue weighted by atomic mass is 16.5.